The zero-order chi connectivity index (χ0) is 20.2. The van der Waals surface area contributed by atoms with Gasteiger partial charge in [-0.25, -0.2) is 0 Å². The second-order valence-electron chi connectivity index (χ2n) is 7.05. The fraction of sp³-hybridized carbons (Fsp3) is 0.273. The molecule has 0 unspecified atom stereocenters. The summed E-state index contributed by atoms with van der Waals surface area (Å²) < 4.78 is 7.23. The standard InChI is InChI=1S/C22H22ClN3O3/c23-18-7-5-17(6-8-18)19(24-9-1-2-10-24)16-21(27)25-11-13-26(14-12-25)22(28)20-4-3-15-29-20/h1-10,15,19H,11-14,16H2/t19-/m0/s1. The van der Waals surface area contributed by atoms with Crippen molar-refractivity contribution in [2.24, 2.45) is 0 Å². The Labute approximate surface area is 174 Å². The lowest BCUT2D eigenvalue weighted by molar-refractivity contribution is -0.133. The first kappa shape index (κ1) is 19.3. The van der Waals surface area contributed by atoms with Gasteiger partial charge in [-0.1, -0.05) is 23.7 Å². The maximum atomic E-state index is 13.0. The molecular weight excluding hydrogens is 390 g/mol. The number of halogens is 1. The fourth-order valence-corrected chi connectivity index (χ4v) is 3.77. The van der Waals surface area contributed by atoms with E-state index in [1.54, 1.807) is 17.0 Å². The number of hydrogen-bond acceptors (Lipinski definition) is 3. The summed E-state index contributed by atoms with van der Waals surface area (Å²) in [5, 5.41) is 0.670. The van der Waals surface area contributed by atoms with Crippen LogP contribution in [0.2, 0.25) is 5.02 Å². The minimum absolute atomic E-state index is 0.0729. The zero-order valence-corrected chi connectivity index (χ0v) is 16.7. The molecule has 0 aliphatic carbocycles. The first-order chi connectivity index (χ1) is 14.1. The number of hydrogen-bond donors (Lipinski definition) is 0. The second-order valence-corrected chi connectivity index (χ2v) is 7.49. The van der Waals surface area contributed by atoms with E-state index >= 15 is 0 Å². The third kappa shape index (κ3) is 4.38. The number of rotatable bonds is 5. The molecule has 1 atom stereocenters. The summed E-state index contributed by atoms with van der Waals surface area (Å²) in [6.07, 6.45) is 5.77. The molecule has 150 valence electrons. The van der Waals surface area contributed by atoms with Crippen LogP contribution < -0.4 is 0 Å². The summed E-state index contributed by atoms with van der Waals surface area (Å²) in [7, 11) is 0. The normalized spacial score (nSPS) is 15.3. The van der Waals surface area contributed by atoms with Crippen LogP contribution in [0.3, 0.4) is 0 Å². The van der Waals surface area contributed by atoms with E-state index in [4.69, 9.17) is 16.0 Å². The van der Waals surface area contributed by atoms with Crippen molar-refractivity contribution in [3.8, 4) is 0 Å². The average molecular weight is 412 g/mol. The van der Waals surface area contributed by atoms with E-state index < -0.39 is 0 Å². The zero-order valence-electron chi connectivity index (χ0n) is 15.9. The molecule has 1 fully saturated rings. The Balaban J connectivity index is 1.41. The minimum atomic E-state index is -0.131. The van der Waals surface area contributed by atoms with Crippen molar-refractivity contribution in [3.05, 3.63) is 83.5 Å². The van der Waals surface area contributed by atoms with Crippen molar-refractivity contribution in [2.75, 3.05) is 26.2 Å². The van der Waals surface area contributed by atoms with Gasteiger partial charge in [0.15, 0.2) is 5.76 Å². The molecule has 3 aromatic rings. The fourth-order valence-electron chi connectivity index (χ4n) is 3.65. The van der Waals surface area contributed by atoms with Crippen LogP contribution in [0.4, 0.5) is 0 Å². The summed E-state index contributed by atoms with van der Waals surface area (Å²) in [5.41, 5.74) is 1.03. The van der Waals surface area contributed by atoms with Crippen molar-refractivity contribution in [2.45, 2.75) is 12.5 Å². The van der Waals surface area contributed by atoms with Gasteiger partial charge in [-0.3, -0.25) is 9.59 Å². The minimum Gasteiger partial charge on any atom is -0.459 e. The number of furan rings is 1. The molecular formula is C22H22ClN3O3. The first-order valence-electron chi connectivity index (χ1n) is 9.60. The van der Waals surface area contributed by atoms with Crippen LogP contribution in [0.15, 0.2) is 71.6 Å². The Hall–Kier alpha value is -2.99. The highest BCUT2D eigenvalue weighted by Gasteiger charge is 2.28. The van der Waals surface area contributed by atoms with Crippen LogP contribution in [0.25, 0.3) is 0 Å². The molecule has 6 nitrogen and oxygen atoms in total. The largest absolute Gasteiger partial charge is 0.459 e. The van der Waals surface area contributed by atoms with E-state index in [1.807, 2.05) is 58.3 Å². The van der Waals surface area contributed by atoms with Gasteiger partial charge in [0, 0.05) is 43.6 Å². The predicted octanol–water partition coefficient (Wildman–Crippen LogP) is 3.70. The molecule has 7 heteroatoms. The van der Waals surface area contributed by atoms with Crippen LogP contribution in [0.1, 0.15) is 28.6 Å². The van der Waals surface area contributed by atoms with Crippen LogP contribution >= 0.6 is 11.6 Å². The van der Waals surface area contributed by atoms with Crippen LogP contribution in [0, 0.1) is 0 Å². The molecule has 0 N–H and O–H groups in total. The van der Waals surface area contributed by atoms with Crippen LogP contribution in [-0.4, -0.2) is 52.4 Å². The lowest BCUT2D eigenvalue weighted by atomic mass is 10.0. The first-order valence-corrected chi connectivity index (χ1v) is 9.98. The Morgan fingerprint density at radius 1 is 0.931 bits per heavy atom. The lowest BCUT2D eigenvalue weighted by Gasteiger charge is -2.35. The van der Waals surface area contributed by atoms with Gasteiger partial charge in [-0.15, -0.1) is 0 Å². The number of carbonyl (C=O) groups excluding carboxylic acids is 2. The molecule has 2 amide bonds. The van der Waals surface area contributed by atoms with Gasteiger partial charge in [0.05, 0.1) is 18.7 Å². The van der Waals surface area contributed by atoms with Crippen molar-refractivity contribution < 1.29 is 14.0 Å². The topological polar surface area (TPSA) is 58.7 Å². The Kier molecular flexibility index (Phi) is 5.71. The van der Waals surface area contributed by atoms with Gasteiger partial charge < -0.3 is 18.8 Å². The van der Waals surface area contributed by atoms with Gasteiger partial charge in [0.1, 0.15) is 0 Å². The summed E-state index contributed by atoms with van der Waals surface area (Å²) in [6.45, 7) is 2.04. The predicted molar refractivity (Wildman–Crippen MR) is 110 cm³/mol. The summed E-state index contributed by atoms with van der Waals surface area (Å²) in [5.74, 6) is 0.275. The Bertz CT molecular complexity index is 944. The molecule has 0 spiro atoms. The quantitative estimate of drug-likeness (QED) is 0.643. The van der Waals surface area contributed by atoms with Crippen LogP contribution in [-0.2, 0) is 4.79 Å². The van der Waals surface area contributed by atoms with Crippen molar-refractivity contribution >= 4 is 23.4 Å². The summed E-state index contributed by atoms with van der Waals surface area (Å²) >= 11 is 6.02. The number of carbonyl (C=O) groups is 2. The Morgan fingerprint density at radius 3 is 2.21 bits per heavy atom. The molecule has 1 saturated heterocycles. The molecule has 1 aliphatic rings. The van der Waals surface area contributed by atoms with E-state index in [0.717, 1.165) is 5.56 Å². The van der Waals surface area contributed by atoms with Gasteiger partial charge >= 0.3 is 0 Å². The molecule has 2 aromatic heterocycles. The van der Waals surface area contributed by atoms with E-state index in [1.165, 1.54) is 6.26 Å². The molecule has 0 bridgehead atoms. The lowest BCUT2D eigenvalue weighted by Crippen LogP contribution is -2.50. The van der Waals surface area contributed by atoms with Crippen molar-refractivity contribution in [1.82, 2.24) is 14.4 Å². The van der Waals surface area contributed by atoms with E-state index in [-0.39, 0.29) is 17.9 Å². The molecule has 1 aromatic carbocycles. The number of amides is 2. The number of nitrogens with zero attached hydrogens (tertiary/aromatic N) is 3. The van der Waals surface area contributed by atoms with Gasteiger partial charge in [-0.2, -0.15) is 0 Å². The summed E-state index contributed by atoms with van der Waals surface area (Å²) in [6, 6.07) is 14.8. The van der Waals surface area contributed by atoms with Crippen molar-refractivity contribution in [3.63, 3.8) is 0 Å². The second kappa shape index (κ2) is 8.57. The number of benzene rings is 1. The molecule has 0 radical (unpaired) electrons. The molecule has 3 heterocycles. The van der Waals surface area contributed by atoms with Crippen LogP contribution in [0.5, 0.6) is 0 Å². The maximum absolute atomic E-state index is 13.0. The maximum Gasteiger partial charge on any atom is 0.289 e. The van der Waals surface area contributed by atoms with E-state index in [9.17, 15) is 9.59 Å². The third-order valence-corrected chi connectivity index (χ3v) is 5.51. The Morgan fingerprint density at radius 2 is 1.59 bits per heavy atom. The van der Waals surface area contributed by atoms with E-state index in [2.05, 4.69) is 0 Å². The SMILES string of the molecule is O=C(C[C@@H](c1ccc(Cl)cc1)n1cccc1)N1CCN(C(=O)c2ccco2)CC1. The highest BCUT2D eigenvalue weighted by molar-refractivity contribution is 6.30. The van der Waals surface area contributed by atoms with Crippen molar-refractivity contribution in [1.29, 1.82) is 0 Å². The highest BCUT2D eigenvalue weighted by atomic mass is 35.5. The molecule has 4 rings (SSSR count). The molecule has 29 heavy (non-hydrogen) atoms. The molecule has 1 aliphatic heterocycles. The number of aromatic nitrogens is 1. The smallest absolute Gasteiger partial charge is 0.289 e. The molecule has 0 saturated carbocycles. The average Bonchev–Trinajstić information content (AvgIpc) is 3.46. The van der Waals surface area contributed by atoms with Gasteiger partial charge in [-0.05, 0) is 42.0 Å². The van der Waals surface area contributed by atoms with Gasteiger partial charge in [0.25, 0.3) is 5.91 Å². The van der Waals surface area contributed by atoms with E-state index in [0.29, 0.717) is 43.4 Å². The monoisotopic (exact) mass is 411 g/mol. The van der Waals surface area contributed by atoms with Gasteiger partial charge in [0.2, 0.25) is 5.91 Å². The number of piperazine rings is 1. The third-order valence-electron chi connectivity index (χ3n) is 5.26. The highest BCUT2D eigenvalue weighted by Crippen LogP contribution is 2.25. The summed E-state index contributed by atoms with van der Waals surface area (Å²) in [4.78, 5) is 29.0.